The SMILES string of the molecule is Cc1c(C(=O)NCCSc2cn[nH]n2)ccn1C. The zero-order chi connectivity index (χ0) is 13.0. The van der Waals surface area contributed by atoms with E-state index in [2.05, 4.69) is 20.7 Å². The summed E-state index contributed by atoms with van der Waals surface area (Å²) in [4.78, 5) is 11.9. The van der Waals surface area contributed by atoms with E-state index >= 15 is 0 Å². The number of H-pyrrole nitrogens is 1. The third-order valence-electron chi connectivity index (χ3n) is 2.66. The van der Waals surface area contributed by atoms with E-state index in [1.807, 2.05) is 30.8 Å². The smallest absolute Gasteiger partial charge is 0.253 e. The van der Waals surface area contributed by atoms with Gasteiger partial charge in [-0.05, 0) is 13.0 Å². The highest BCUT2D eigenvalue weighted by Crippen LogP contribution is 2.11. The summed E-state index contributed by atoms with van der Waals surface area (Å²) >= 11 is 1.55. The first kappa shape index (κ1) is 12.7. The second-order valence-corrected chi connectivity index (χ2v) is 4.95. The average molecular weight is 265 g/mol. The summed E-state index contributed by atoms with van der Waals surface area (Å²) in [5, 5.41) is 13.9. The van der Waals surface area contributed by atoms with E-state index < -0.39 is 0 Å². The first-order valence-corrected chi connectivity index (χ1v) is 6.55. The molecule has 0 saturated carbocycles. The fourth-order valence-corrected chi connectivity index (χ4v) is 2.17. The van der Waals surface area contributed by atoms with Gasteiger partial charge in [0.2, 0.25) is 0 Å². The number of thioether (sulfide) groups is 1. The van der Waals surface area contributed by atoms with E-state index in [0.717, 1.165) is 22.0 Å². The first-order chi connectivity index (χ1) is 8.68. The van der Waals surface area contributed by atoms with E-state index in [1.54, 1.807) is 18.0 Å². The molecule has 0 aliphatic rings. The predicted octanol–water partition coefficient (Wildman–Crippen LogP) is 0.974. The van der Waals surface area contributed by atoms with E-state index in [9.17, 15) is 4.79 Å². The van der Waals surface area contributed by atoms with Crippen molar-refractivity contribution < 1.29 is 4.79 Å². The highest BCUT2D eigenvalue weighted by atomic mass is 32.2. The van der Waals surface area contributed by atoms with Crippen molar-refractivity contribution in [3.63, 3.8) is 0 Å². The fraction of sp³-hybridized carbons (Fsp3) is 0.364. The third kappa shape index (κ3) is 2.92. The van der Waals surface area contributed by atoms with Crippen molar-refractivity contribution >= 4 is 17.7 Å². The number of carbonyl (C=O) groups excluding carboxylic acids is 1. The summed E-state index contributed by atoms with van der Waals surface area (Å²) in [6, 6.07) is 1.83. The molecule has 2 heterocycles. The number of hydrogen-bond donors (Lipinski definition) is 2. The van der Waals surface area contributed by atoms with Gasteiger partial charge in [-0.3, -0.25) is 4.79 Å². The Kier molecular flexibility index (Phi) is 4.03. The van der Waals surface area contributed by atoms with Gasteiger partial charge in [0, 0.05) is 31.2 Å². The molecule has 7 heteroatoms. The maximum Gasteiger partial charge on any atom is 0.253 e. The third-order valence-corrected chi connectivity index (χ3v) is 3.56. The molecule has 0 aromatic carbocycles. The summed E-state index contributed by atoms with van der Waals surface area (Å²) in [7, 11) is 1.92. The quantitative estimate of drug-likeness (QED) is 0.624. The van der Waals surface area contributed by atoms with E-state index in [4.69, 9.17) is 0 Å². The second kappa shape index (κ2) is 5.72. The van der Waals surface area contributed by atoms with E-state index in [-0.39, 0.29) is 5.91 Å². The topological polar surface area (TPSA) is 75.6 Å². The van der Waals surface area contributed by atoms with Crippen LogP contribution in [0.3, 0.4) is 0 Å². The van der Waals surface area contributed by atoms with Gasteiger partial charge in [0.1, 0.15) is 5.03 Å². The highest BCUT2D eigenvalue weighted by Gasteiger charge is 2.10. The zero-order valence-corrected chi connectivity index (χ0v) is 11.1. The van der Waals surface area contributed by atoms with E-state index in [0.29, 0.717) is 6.54 Å². The van der Waals surface area contributed by atoms with Crippen LogP contribution in [-0.2, 0) is 7.05 Å². The van der Waals surface area contributed by atoms with Crippen LogP contribution in [0.25, 0.3) is 0 Å². The summed E-state index contributed by atoms with van der Waals surface area (Å²) in [5.41, 5.74) is 1.69. The number of hydrogen-bond acceptors (Lipinski definition) is 4. The maximum absolute atomic E-state index is 11.9. The van der Waals surface area contributed by atoms with Crippen molar-refractivity contribution in [2.45, 2.75) is 11.9 Å². The van der Waals surface area contributed by atoms with Crippen LogP contribution in [0.1, 0.15) is 16.1 Å². The Morgan fingerprint density at radius 3 is 3.06 bits per heavy atom. The fourth-order valence-electron chi connectivity index (χ4n) is 1.52. The number of nitrogens with zero attached hydrogens (tertiary/aromatic N) is 3. The van der Waals surface area contributed by atoms with Gasteiger partial charge >= 0.3 is 0 Å². The molecule has 0 atom stereocenters. The van der Waals surface area contributed by atoms with Gasteiger partial charge in [0.05, 0.1) is 11.8 Å². The molecular weight excluding hydrogens is 250 g/mol. The molecule has 0 aliphatic heterocycles. The first-order valence-electron chi connectivity index (χ1n) is 5.57. The molecule has 96 valence electrons. The Hall–Kier alpha value is -1.76. The van der Waals surface area contributed by atoms with Gasteiger partial charge in [-0.1, -0.05) is 0 Å². The van der Waals surface area contributed by atoms with Crippen LogP contribution in [0, 0.1) is 6.92 Å². The Morgan fingerprint density at radius 1 is 1.61 bits per heavy atom. The molecule has 0 saturated heterocycles. The number of nitrogens with one attached hydrogen (secondary N) is 2. The Bertz CT molecular complexity index is 520. The average Bonchev–Trinajstić information content (AvgIpc) is 2.97. The number of aryl methyl sites for hydroxylation is 1. The lowest BCUT2D eigenvalue weighted by atomic mass is 10.2. The number of rotatable bonds is 5. The van der Waals surface area contributed by atoms with Gasteiger partial charge in [-0.2, -0.15) is 10.3 Å². The molecule has 0 bridgehead atoms. The van der Waals surface area contributed by atoms with Crippen LogP contribution in [0.2, 0.25) is 0 Å². The largest absolute Gasteiger partial charge is 0.354 e. The highest BCUT2D eigenvalue weighted by molar-refractivity contribution is 7.99. The molecular formula is C11H15N5OS. The summed E-state index contributed by atoms with van der Waals surface area (Å²) in [6.45, 7) is 2.53. The molecule has 2 rings (SSSR count). The van der Waals surface area contributed by atoms with Crippen molar-refractivity contribution in [1.29, 1.82) is 0 Å². The zero-order valence-electron chi connectivity index (χ0n) is 10.3. The molecule has 2 N–H and O–H groups in total. The lowest BCUT2D eigenvalue weighted by Crippen LogP contribution is -2.26. The second-order valence-electron chi connectivity index (χ2n) is 3.84. The Morgan fingerprint density at radius 2 is 2.44 bits per heavy atom. The molecule has 0 unspecified atom stereocenters. The van der Waals surface area contributed by atoms with Crippen molar-refractivity contribution in [2.24, 2.45) is 7.05 Å². The molecule has 0 fully saturated rings. The number of aromatic nitrogens is 4. The molecule has 1 amide bonds. The van der Waals surface area contributed by atoms with Crippen LogP contribution in [0.5, 0.6) is 0 Å². The molecule has 0 radical (unpaired) electrons. The van der Waals surface area contributed by atoms with Crippen LogP contribution in [0.15, 0.2) is 23.5 Å². The van der Waals surface area contributed by atoms with Crippen LogP contribution >= 0.6 is 11.8 Å². The van der Waals surface area contributed by atoms with Gasteiger partial charge in [-0.15, -0.1) is 16.9 Å². The van der Waals surface area contributed by atoms with Crippen molar-refractivity contribution in [2.75, 3.05) is 12.3 Å². The van der Waals surface area contributed by atoms with Crippen molar-refractivity contribution in [3.05, 3.63) is 29.7 Å². The lowest BCUT2D eigenvalue weighted by molar-refractivity contribution is 0.0955. The van der Waals surface area contributed by atoms with Gasteiger partial charge in [-0.25, -0.2) is 0 Å². The monoisotopic (exact) mass is 265 g/mol. The number of aromatic amines is 1. The van der Waals surface area contributed by atoms with Crippen molar-refractivity contribution in [3.8, 4) is 0 Å². The molecule has 18 heavy (non-hydrogen) atoms. The summed E-state index contributed by atoms with van der Waals surface area (Å²) < 4.78 is 1.93. The minimum absolute atomic E-state index is 0.0335. The molecule has 0 aliphatic carbocycles. The normalized spacial score (nSPS) is 10.6. The van der Waals surface area contributed by atoms with Crippen LogP contribution < -0.4 is 5.32 Å². The minimum Gasteiger partial charge on any atom is -0.354 e. The Labute approximate surface area is 109 Å². The minimum atomic E-state index is -0.0335. The molecule has 0 spiro atoms. The number of amides is 1. The summed E-state index contributed by atoms with van der Waals surface area (Å²) in [6.07, 6.45) is 3.54. The number of carbonyl (C=O) groups is 1. The lowest BCUT2D eigenvalue weighted by Gasteiger charge is -2.04. The molecule has 2 aromatic heterocycles. The van der Waals surface area contributed by atoms with Gasteiger partial charge in [0.25, 0.3) is 5.91 Å². The maximum atomic E-state index is 11.9. The molecule has 6 nitrogen and oxygen atoms in total. The predicted molar refractivity (Wildman–Crippen MR) is 69.6 cm³/mol. The standard InChI is InChI=1S/C11H15N5OS/c1-8-9(3-5-16(8)2)11(17)12-4-6-18-10-7-13-15-14-10/h3,5,7H,4,6H2,1-2H3,(H,12,17)(H,13,14,15). The van der Waals surface area contributed by atoms with Crippen molar-refractivity contribution in [1.82, 2.24) is 25.3 Å². The van der Waals surface area contributed by atoms with Crippen LogP contribution in [0.4, 0.5) is 0 Å². The van der Waals surface area contributed by atoms with Gasteiger partial charge < -0.3 is 9.88 Å². The Balaban J connectivity index is 1.77. The van der Waals surface area contributed by atoms with Gasteiger partial charge in [0.15, 0.2) is 0 Å². The van der Waals surface area contributed by atoms with Crippen LogP contribution in [-0.4, -0.2) is 38.2 Å². The molecule has 2 aromatic rings. The summed E-state index contributed by atoms with van der Waals surface area (Å²) in [5.74, 6) is 0.735. The van der Waals surface area contributed by atoms with E-state index in [1.165, 1.54) is 0 Å².